The summed E-state index contributed by atoms with van der Waals surface area (Å²) < 4.78 is 0. The highest BCUT2D eigenvalue weighted by Crippen LogP contribution is 2.36. The number of hydrogen-bond acceptors (Lipinski definition) is 3. The molecule has 5 heteroatoms. The number of nitrogens with two attached hydrogens (primary N) is 1. The molecule has 0 bridgehead atoms. The first-order valence-corrected chi connectivity index (χ1v) is 5.76. The second-order valence-electron chi connectivity index (χ2n) is 4.95. The zero-order chi connectivity index (χ0) is 12.2. The molecule has 4 N–H and O–H groups in total. The number of rotatable bonds is 3. The minimum absolute atomic E-state index is 0.0871. The van der Waals surface area contributed by atoms with Crippen molar-refractivity contribution in [1.29, 1.82) is 0 Å². The molecular formula is C11H21N3O2. The predicted octanol–water partition coefficient (Wildman–Crippen LogP) is -0.244. The van der Waals surface area contributed by atoms with Crippen molar-refractivity contribution in [2.24, 2.45) is 11.1 Å². The molecule has 2 amide bonds. The molecule has 1 rings (SSSR count). The van der Waals surface area contributed by atoms with Crippen LogP contribution in [0.15, 0.2) is 0 Å². The van der Waals surface area contributed by atoms with Crippen LogP contribution in [0, 0.1) is 5.41 Å². The number of carbonyl (C=O) groups is 2. The molecule has 5 nitrogen and oxygen atoms in total. The Bertz CT molecular complexity index is 276. The molecule has 0 aromatic rings. The van der Waals surface area contributed by atoms with Crippen LogP contribution in [0.1, 0.15) is 33.1 Å². The summed E-state index contributed by atoms with van der Waals surface area (Å²) in [5.74, 6) is -1.14. The van der Waals surface area contributed by atoms with Crippen molar-refractivity contribution in [2.45, 2.75) is 39.2 Å². The summed E-state index contributed by atoms with van der Waals surface area (Å²) in [6.45, 7) is 4.90. The van der Waals surface area contributed by atoms with E-state index in [1.165, 1.54) is 0 Å². The number of hydrogen-bond donors (Lipinski definition) is 3. The standard InChI is InChI=1S/C11H21N3O2/c1-11(2)5-3-4-8(11)14-10(16)9(15)13-7-6-12/h8H,3-7,12H2,1-2H3,(H,13,15)(H,14,16). The molecule has 1 aliphatic carbocycles. The van der Waals surface area contributed by atoms with Crippen LogP contribution in [-0.4, -0.2) is 30.9 Å². The van der Waals surface area contributed by atoms with Gasteiger partial charge in [-0.2, -0.15) is 0 Å². The maximum Gasteiger partial charge on any atom is 0.309 e. The van der Waals surface area contributed by atoms with E-state index in [4.69, 9.17) is 5.73 Å². The Balaban J connectivity index is 2.42. The summed E-state index contributed by atoms with van der Waals surface area (Å²) in [6.07, 6.45) is 3.13. The third kappa shape index (κ3) is 3.20. The highest BCUT2D eigenvalue weighted by molar-refractivity contribution is 6.35. The Kier molecular flexibility index (Phi) is 4.29. The van der Waals surface area contributed by atoms with Gasteiger partial charge in [-0.25, -0.2) is 0 Å². The number of amides is 2. The minimum Gasteiger partial charge on any atom is -0.347 e. The van der Waals surface area contributed by atoms with Crippen molar-refractivity contribution < 1.29 is 9.59 Å². The topological polar surface area (TPSA) is 84.2 Å². The van der Waals surface area contributed by atoms with Crippen molar-refractivity contribution >= 4 is 11.8 Å². The Labute approximate surface area is 96.1 Å². The lowest BCUT2D eigenvalue weighted by Crippen LogP contribution is -2.48. The molecule has 1 atom stereocenters. The van der Waals surface area contributed by atoms with E-state index >= 15 is 0 Å². The van der Waals surface area contributed by atoms with Gasteiger partial charge in [0, 0.05) is 19.1 Å². The molecule has 0 aromatic heterocycles. The molecule has 1 unspecified atom stereocenters. The Morgan fingerprint density at radius 1 is 1.38 bits per heavy atom. The van der Waals surface area contributed by atoms with Gasteiger partial charge in [-0.1, -0.05) is 20.3 Å². The van der Waals surface area contributed by atoms with Crippen molar-refractivity contribution in [3.63, 3.8) is 0 Å². The van der Waals surface area contributed by atoms with E-state index in [1.54, 1.807) is 0 Å². The highest BCUT2D eigenvalue weighted by atomic mass is 16.2. The summed E-state index contributed by atoms with van der Waals surface area (Å²) in [4.78, 5) is 22.9. The summed E-state index contributed by atoms with van der Waals surface area (Å²) in [7, 11) is 0. The van der Waals surface area contributed by atoms with Crippen LogP contribution in [0.5, 0.6) is 0 Å². The minimum atomic E-state index is -0.590. The molecule has 1 fully saturated rings. The molecule has 0 heterocycles. The molecule has 0 saturated heterocycles. The monoisotopic (exact) mass is 227 g/mol. The number of carbonyl (C=O) groups excluding carboxylic acids is 2. The van der Waals surface area contributed by atoms with E-state index in [0.29, 0.717) is 13.1 Å². The van der Waals surface area contributed by atoms with E-state index in [0.717, 1.165) is 19.3 Å². The van der Waals surface area contributed by atoms with Crippen molar-refractivity contribution in [1.82, 2.24) is 10.6 Å². The Morgan fingerprint density at radius 3 is 2.56 bits per heavy atom. The van der Waals surface area contributed by atoms with Crippen molar-refractivity contribution in [3.05, 3.63) is 0 Å². The fraction of sp³-hybridized carbons (Fsp3) is 0.818. The van der Waals surface area contributed by atoms with Gasteiger partial charge in [-0.05, 0) is 18.3 Å². The zero-order valence-electron chi connectivity index (χ0n) is 10.0. The summed E-state index contributed by atoms with van der Waals surface area (Å²) >= 11 is 0. The molecule has 92 valence electrons. The lowest BCUT2D eigenvalue weighted by atomic mass is 9.87. The van der Waals surface area contributed by atoms with Crippen molar-refractivity contribution in [3.8, 4) is 0 Å². The van der Waals surface area contributed by atoms with E-state index in [-0.39, 0.29) is 11.5 Å². The molecule has 0 aromatic carbocycles. The molecule has 16 heavy (non-hydrogen) atoms. The fourth-order valence-corrected chi connectivity index (χ4v) is 2.08. The van der Waals surface area contributed by atoms with Gasteiger partial charge in [0.1, 0.15) is 0 Å². The lowest BCUT2D eigenvalue weighted by Gasteiger charge is -2.27. The first kappa shape index (κ1) is 13.0. The van der Waals surface area contributed by atoms with Crippen LogP contribution >= 0.6 is 0 Å². The predicted molar refractivity (Wildman–Crippen MR) is 61.6 cm³/mol. The van der Waals surface area contributed by atoms with Gasteiger partial charge < -0.3 is 16.4 Å². The van der Waals surface area contributed by atoms with E-state index < -0.39 is 11.8 Å². The largest absolute Gasteiger partial charge is 0.347 e. The molecular weight excluding hydrogens is 206 g/mol. The van der Waals surface area contributed by atoms with Crippen LogP contribution in [0.4, 0.5) is 0 Å². The van der Waals surface area contributed by atoms with Gasteiger partial charge >= 0.3 is 11.8 Å². The van der Waals surface area contributed by atoms with Crippen LogP contribution in [0.3, 0.4) is 0 Å². The summed E-state index contributed by atoms with van der Waals surface area (Å²) in [6, 6.07) is 0.101. The van der Waals surface area contributed by atoms with Crippen LogP contribution in [0.2, 0.25) is 0 Å². The van der Waals surface area contributed by atoms with Gasteiger partial charge in [0.05, 0.1) is 0 Å². The SMILES string of the molecule is CC1(C)CCCC1NC(=O)C(=O)NCCN. The van der Waals surface area contributed by atoms with Crippen LogP contribution in [-0.2, 0) is 9.59 Å². The third-order valence-electron chi connectivity index (χ3n) is 3.20. The molecule has 0 spiro atoms. The Hall–Kier alpha value is -1.10. The molecule has 1 saturated carbocycles. The van der Waals surface area contributed by atoms with Gasteiger partial charge in [0.2, 0.25) is 0 Å². The van der Waals surface area contributed by atoms with E-state index in [2.05, 4.69) is 24.5 Å². The molecule has 1 aliphatic rings. The normalized spacial score (nSPS) is 22.8. The lowest BCUT2D eigenvalue weighted by molar-refractivity contribution is -0.139. The van der Waals surface area contributed by atoms with E-state index in [9.17, 15) is 9.59 Å². The molecule has 0 radical (unpaired) electrons. The first-order valence-electron chi connectivity index (χ1n) is 5.76. The first-order chi connectivity index (χ1) is 7.47. The smallest absolute Gasteiger partial charge is 0.309 e. The maximum absolute atomic E-state index is 11.5. The quantitative estimate of drug-likeness (QED) is 0.582. The summed E-state index contributed by atoms with van der Waals surface area (Å²) in [5, 5.41) is 5.24. The Morgan fingerprint density at radius 2 is 2.06 bits per heavy atom. The van der Waals surface area contributed by atoms with Crippen molar-refractivity contribution in [2.75, 3.05) is 13.1 Å². The van der Waals surface area contributed by atoms with Crippen LogP contribution < -0.4 is 16.4 Å². The second kappa shape index (κ2) is 5.30. The zero-order valence-corrected chi connectivity index (χ0v) is 10.0. The highest BCUT2D eigenvalue weighted by Gasteiger charge is 2.36. The van der Waals surface area contributed by atoms with Gasteiger partial charge in [-0.3, -0.25) is 9.59 Å². The van der Waals surface area contributed by atoms with Crippen LogP contribution in [0.25, 0.3) is 0 Å². The average Bonchev–Trinajstić information content (AvgIpc) is 2.54. The molecule has 0 aliphatic heterocycles. The third-order valence-corrected chi connectivity index (χ3v) is 3.20. The van der Waals surface area contributed by atoms with E-state index in [1.807, 2.05) is 0 Å². The maximum atomic E-state index is 11.5. The number of nitrogens with one attached hydrogen (secondary N) is 2. The second-order valence-corrected chi connectivity index (χ2v) is 4.95. The van der Waals surface area contributed by atoms with Gasteiger partial charge in [-0.15, -0.1) is 0 Å². The fourth-order valence-electron chi connectivity index (χ4n) is 2.08. The van der Waals surface area contributed by atoms with Gasteiger partial charge in [0.15, 0.2) is 0 Å². The summed E-state index contributed by atoms with van der Waals surface area (Å²) in [5.41, 5.74) is 5.32. The van der Waals surface area contributed by atoms with Gasteiger partial charge in [0.25, 0.3) is 0 Å². The average molecular weight is 227 g/mol.